The standard InChI is InChI=1S/C20H23NO5S/c1-14-3-7-18(8-4-14)27(23,24)21-10-9-17-12-20-19(25-13-26-20)11-16(17)6-5-15(2)22/h3-8,11-12,15,21-22H,9-10,13H2,1-2H3/b6-5+. The Kier molecular flexibility index (Phi) is 5.84. The molecule has 0 saturated carbocycles. The SMILES string of the molecule is Cc1ccc(S(=O)(=O)NCCc2cc3c(cc2/C=C/C(C)O)OCO3)cc1. The maximum absolute atomic E-state index is 12.4. The number of hydrogen-bond acceptors (Lipinski definition) is 5. The number of rotatable bonds is 7. The van der Waals surface area contributed by atoms with Gasteiger partial charge in [-0.25, -0.2) is 13.1 Å². The molecular formula is C20H23NO5S. The van der Waals surface area contributed by atoms with Crippen LogP contribution in [-0.4, -0.2) is 33.0 Å². The first-order valence-electron chi connectivity index (χ1n) is 8.70. The highest BCUT2D eigenvalue weighted by molar-refractivity contribution is 7.89. The average Bonchev–Trinajstić information content (AvgIpc) is 3.07. The molecule has 0 fully saturated rings. The molecular weight excluding hydrogens is 366 g/mol. The molecule has 2 N–H and O–H groups in total. The van der Waals surface area contributed by atoms with Gasteiger partial charge in [-0.1, -0.05) is 29.8 Å². The smallest absolute Gasteiger partial charge is 0.240 e. The number of fused-ring (bicyclic) bond motifs is 1. The molecule has 0 radical (unpaired) electrons. The van der Waals surface area contributed by atoms with E-state index in [2.05, 4.69) is 4.72 Å². The summed E-state index contributed by atoms with van der Waals surface area (Å²) in [7, 11) is -3.56. The summed E-state index contributed by atoms with van der Waals surface area (Å²) in [6.07, 6.45) is 3.36. The van der Waals surface area contributed by atoms with Gasteiger partial charge in [0.05, 0.1) is 11.0 Å². The van der Waals surface area contributed by atoms with E-state index in [4.69, 9.17) is 9.47 Å². The number of aliphatic hydroxyl groups is 1. The normalized spacial score (nSPS) is 14.6. The fourth-order valence-corrected chi connectivity index (χ4v) is 3.77. The molecule has 0 saturated heterocycles. The molecule has 2 aromatic carbocycles. The van der Waals surface area contributed by atoms with Crippen molar-refractivity contribution in [1.82, 2.24) is 4.72 Å². The number of aryl methyl sites for hydroxylation is 1. The zero-order valence-corrected chi connectivity index (χ0v) is 16.1. The Hall–Kier alpha value is -2.35. The van der Waals surface area contributed by atoms with Crippen LogP contribution in [-0.2, 0) is 16.4 Å². The van der Waals surface area contributed by atoms with E-state index < -0.39 is 16.1 Å². The number of sulfonamides is 1. The highest BCUT2D eigenvalue weighted by Gasteiger charge is 2.17. The van der Waals surface area contributed by atoms with Crippen molar-refractivity contribution in [3.05, 3.63) is 59.2 Å². The fourth-order valence-electron chi connectivity index (χ4n) is 2.74. The predicted octanol–water partition coefficient (Wildman–Crippen LogP) is 2.64. The number of nitrogens with one attached hydrogen (secondary N) is 1. The van der Waals surface area contributed by atoms with Crippen molar-refractivity contribution in [1.29, 1.82) is 0 Å². The largest absolute Gasteiger partial charge is 0.454 e. The lowest BCUT2D eigenvalue weighted by atomic mass is 10.0. The van der Waals surface area contributed by atoms with E-state index in [1.54, 1.807) is 43.3 Å². The number of aliphatic hydroxyl groups excluding tert-OH is 1. The monoisotopic (exact) mass is 389 g/mol. The molecule has 1 unspecified atom stereocenters. The molecule has 1 aliphatic rings. The Labute approximate surface area is 159 Å². The van der Waals surface area contributed by atoms with Crippen LogP contribution in [0.4, 0.5) is 0 Å². The van der Waals surface area contributed by atoms with E-state index in [0.29, 0.717) is 17.9 Å². The second-order valence-corrected chi connectivity index (χ2v) is 8.23. The molecule has 1 atom stereocenters. The van der Waals surface area contributed by atoms with Gasteiger partial charge in [0.1, 0.15) is 0 Å². The topological polar surface area (TPSA) is 84.9 Å². The van der Waals surface area contributed by atoms with Gasteiger partial charge < -0.3 is 14.6 Å². The number of benzene rings is 2. The number of ether oxygens (including phenoxy) is 2. The van der Waals surface area contributed by atoms with Gasteiger partial charge in [0, 0.05) is 6.54 Å². The van der Waals surface area contributed by atoms with E-state index in [-0.39, 0.29) is 18.2 Å². The minimum absolute atomic E-state index is 0.165. The van der Waals surface area contributed by atoms with Crippen LogP contribution in [0.5, 0.6) is 11.5 Å². The van der Waals surface area contributed by atoms with Crippen LogP contribution >= 0.6 is 0 Å². The zero-order chi connectivity index (χ0) is 19.4. The highest BCUT2D eigenvalue weighted by Crippen LogP contribution is 2.35. The van der Waals surface area contributed by atoms with Crippen molar-refractivity contribution >= 4 is 16.1 Å². The fraction of sp³-hybridized carbons (Fsp3) is 0.300. The molecule has 0 aromatic heterocycles. The molecule has 0 amide bonds. The Balaban J connectivity index is 1.74. The molecule has 6 nitrogen and oxygen atoms in total. The van der Waals surface area contributed by atoms with Gasteiger partial charge in [-0.2, -0.15) is 0 Å². The Morgan fingerprint density at radius 1 is 1.19 bits per heavy atom. The van der Waals surface area contributed by atoms with Crippen LogP contribution < -0.4 is 14.2 Å². The maximum atomic E-state index is 12.4. The predicted molar refractivity (Wildman–Crippen MR) is 103 cm³/mol. The molecule has 0 aliphatic carbocycles. The van der Waals surface area contributed by atoms with E-state index in [1.807, 2.05) is 19.1 Å². The van der Waals surface area contributed by atoms with Crippen molar-refractivity contribution in [2.75, 3.05) is 13.3 Å². The van der Waals surface area contributed by atoms with Crippen LogP contribution in [0.1, 0.15) is 23.6 Å². The Morgan fingerprint density at radius 3 is 2.52 bits per heavy atom. The first-order valence-corrected chi connectivity index (χ1v) is 10.2. The molecule has 2 aromatic rings. The highest BCUT2D eigenvalue weighted by atomic mass is 32.2. The van der Waals surface area contributed by atoms with Gasteiger partial charge in [0.25, 0.3) is 0 Å². The van der Waals surface area contributed by atoms with E-state index >= 15 is 0 Å². The van der Waals surface area contributed by atoms with Crippen LogP contribution in [0.3, 0.4) is 0 Å². The molecule has 0 bridgehead atoms. The third-order valence-electron chi connectivity index (χ3n) is 4.21. The molecule has 1 aliphatic heterocycles. The van der Waals surface area contributed by atoms with Gasteiger partial charge in [0.2, 0.25) is 16.8 Å². The van der Waals surface area contributed by atoms with Crippen molar-refractivity contribution in [2.45, 2.75) is 31.3 Å². The summed E-state index contributed by atoms with van der Waals surface area (Å²) in [5.74, 6) is 1.28. The summed E-state index contributed by atoms with van der Waals surface area (Å²) in [5.41, 5.74) is 2.77. The second kappa shape index (κ2) is 8.12. The van der Waals surface area contributed by atoms with Gasteiger partial charge in [-0.3, -0.25) is 0 Å². The first kappa shape index (κ1) is 19.4. The number of hydrogen-bond donors (Lipinski definition) is 2. The second-order valence-electron chi connectivity index (χ2n) is 6.46. The quantitative estimate of drug-likeness (QED) is 0.760. The summed E-state index contributed by atoms with van der Waals surface area (Å²) in [6, 6.07) is 10.4. The van der Waals surface area contributed by atoms with E-state index in [1.165, 1.54) is 0 Å². The minimum Gasteiger partial charge on any atom is -0.454 e. The Bertz CT molecular complexity index is 934. The van der Waals surface area contributed by atoms with Gasteiger partial charge >= 0.3 is 0 Å². The van der Waals surface area contributed by atoms with E-state index in [0.717, 1.165) is 16.7 Å². The van der Waals surface area contributed by atoms with Crippen LogP contribution in [0, 0.1) is 6.92 Å². The van der Waals surface area contributed by atoms with Crippen molar-refractivity contribution in [2.24, 2.45) is 0 Å². The molecule has 3 rings (SSSR count). The van der Waals surface area contributed by atoms with Crippen molar-refractivity contribution in [3.8, 4) is 11.5 Å². The third kappa shape index (κ3) is 4.88. The summed E-state index contributed by atoms with van der Waals surface area (Å²) >= 11 is 0. The van der Waals surface area contributed by atoms with Crippen LogP contribution in [0.25, 0.3) is 6.08 Å². The van der Waals surface area contributed by atoms with Crippen molar-refractivity contribution in [3.63, 3.8) is 0 Å². The van der Waals surface area contributed by atoms with Gasteiger partial charge in [0.15, 0.2) is 11.5 Å². The van der Waals surface area contributed by atoms with Gasteiger partial charge in [-0.15, -0.1) is 0 Å². The Morgan fingerprint density at radius 2 is 1.85 bits per heavy atom. The van der Waals surface area contributed by atoms with Crippen LogP contribution in [0.15, 0.2) is 47.4 Å². The average molecular weight is 389 g/mol. The van der Waals surface area contributed by atoms with Crippen molar-refractivity contribution < 1.29 is 23.0 Å². The minimum atomic E-state index is -3.56. The third-order valence-corrected chi connectivity index (χ3v) is 5.68. The van der Waals surface area contributed by atoms with Crippen LogP contribution in [0.2, 0.25) is 0 Å². The summed E-state index contributed by atoms with van der Waals surface area (Å²) < 4.78 is 38.3. The summed E-state index contributed by atoms with van der Waals surface area (Å²) in [5, 5.41) is 9.49. The summed E-state index contributed by atoms with van der Waals surface area (Å²) in [6.45, 7) is 3.98. The lowest BCUT2D eigenvalue weighted by Gasteiger charge is -2.10. The van der Waals surface area contributed by atoms with Gasteiger partial charge in [-0.05, 0) is 55.7 Å². The lowest BCUT2D eigenvalue weighted by Crippen LogP contribution is -2.26. The molecule has 27 heavy (non-hydrogen) atoms. The zero-order valence-electron chi connectivity index (χ0n) is 15.3. The molecule has 1 heterocycles. The molecule has 0 spiro atoms. The lowest BCUT2D eigenvalue weighted by molar-refractivity contribution is 0.174. The molecule has 7 heteroatoms. The first-order chi connectivity index (χ1) is 12.8. The molecule has 144 valence electrons. The maximum Gasteiger partial charge on any atom is 0.240 e. The summed E-state index contributed by atoms with van der Waals surface area (Å²) in [4.78, 5) is 0.244. The van der Waals surface area contributed by atoms with E-state index in [9.17, 15) is 13.5 Å².